The molecular weight excluding hydrogens is 560 g/mol. The lowest BCUT2D eigenvalue weighted by atomic mass is 10.0. The molecule has 3 atom stereocenters. The average Bonchev–Trinajstić information content (AvgIpc) is 3.17. The van der Waals surface area contributed by atoms with E-state index in [0.29, 0.717) is 19.6 Å². The van der Waals surface area contributed by atoms with Gasteiger partial charge < -0.3 is 9.80 Å². The minimum atomic E-state index is -0.392. The molecule has 3 aliphatic rings. The van der Waals surface area contributed by atoms with Gasteiger partial charge in [-0.1, -0.05) is 63.7 Å². The van der Waals surface area contributed by atoms with E-state index in [9.17, 15) is 9.59 Å². The van der Waals surface area contributed by atoms with E-state index in [0.717, 1.165) is 12.8 Å². The van der Waals surface area contributed by atoms with Gasteiger partial charge >= 0.3 is 0 Å². The van der Waals surface area contributed by atoms with Gasteiger partial charge in [0, 0.05) is 25.7 Å². The first-order valence-electron chi connectivity index (χ1n) is 7.72. The summed E-state index contributed by atoms with van der Waals surface area (Å²) in [6.07, 6.45) is 1.58. The molecule has 0 spiro atoms. The Morgan fingerprint density at radius 3 is 1.74 bits per heavy atom. The second-order valence-corrected chi connectivity index (χ2v) is 15.1. The Kier molecular flexibility index (Phi) is 4.40. The van der Waals surface area contributed by atoms with Crippen molar-refractivity contribution in [1.29, 1.82) is 0 Å². The summed E-state index contributed by atoms with van der Waals surface area (Å²) in [5.41, 5.74) is -0.779. The number of piperazine rings is 1. The molecule has 2 amide bonds. The van der Waals surface area contributed by atoms with Crippen molar-refractivity contribution in [3.63, 3.8) is 0 Å². The summed E-state index contributed by atoms with van der Waals surface area (Å²) in [6.45, 7) is 7.80. The number of halogens is 4. The fourth-order valence-corrected chi connectivity index (χ4v) is 6.29. The zero-order chi connectivity index (χ0) is 17.4. The summed E-state index contributed by atoms with van der Waals surface area (Å²) < 4.78 is -0.545. The molecule has 0 bridgehead atoms. The predicted molar refractivity (Wildman–Crippen MR) is 104 cm³/mol. The van der Waals surface area contributed by atoms with Crippen LogP contribution in [0.25, 0.3) is 0 Å². The monoisotopic (exact) mass is 576 g/mol. The van der Waals surface area contributed by atoms with Crippen molar-refractivity contribution in [2.45, 2.75) is 46.1 Å². The highest BCUT2D eigenvalue weighted by Gasteiger charge is 2.69. The van der Waals surface area contributed by atoms with Crippen molar-refractivity contribution in [2.75, 3.05) is 19.6 Å². The van der Waals surface area contributed by atoms with Gasteiger partial charge in [-0.2, -0.15) is 0 Å². The zero-order valence-corrected chi connectivity index (χ0v) is 19.7. The Bertz CT molecular complexity index is 582. The lowest BCUT2D eigenvalue weighted by Gasteiger charge is -2.42. The molecule has 0 unspecified atom stereocenters. The first-order valence-corrected chi connectivity index (χ1v) is 10.9. The van der Waals surface area contributed by atoms with Crippen LogP contribution in [-0.4, -0.2) is 53.8 Å². The highest BCUT2D eigenvalue weighted by molar-refractivity contribution is 9.26. The molecule has 0 radical (unpaired) electrons. The van der Waals surface area contributed by atoms with Gasteiger partial charge in [-0.3, -0.25) is 9.59 Å². The van der Waals surface area contributed by atoms with E-state index in [1.165, 1.54) is 0 Å². The Hall–Kier alpha value is 0.860. The molecule has 2 saturated carbocycles. The summed E-state index contributed by atoms with van der Waals surface area (Å²) in [4.78, 5) is 29.5. The molecule has 4 nitrogen and oxygen atoms in total. The van der Waals surface area contributed by atoms with Gasteiger partial charge in [-0.05, 0) is 33.6 Å². The van der Waals surface area contributed by atoms with Crippen LogP contribution in [0.2, 0.25) is 0 Å². The molecule has 1 aliphatic heterocycles. The van der Waals surface area contributed by atoms with Crippen LogP contribution in [0.4, 0.5) is 0 Å². The van der Waals surface area contributed by atoms with Gasteiger partial charge in [0.25, 0.3) is 0 Å². The van der Waals surface area contributed by atoms with Crippen LogP contribution < -0.4 is 0 Å². The maximum atomic E-state index is 12.8. The molecule has 130 valence electrons. The number of carbonyl (C=O) groups excluding carboxylic acids is 2. The number of amides is 2. The fourth-order valence-electron chi connectivity index (χ4n) is 3.37. The molecule has 0 aromatic heterocycles. The van der Waals surface area contributed by atoms with E-state index < -0.39 is 5.41 Å². The molecule has 3 fully saturated rings. The van der Waals surface area contributed by atoms with Crippen molar-refractivity contribution in [3.05, 3.63) is 0 Å². The van der Waals surface area contributed by atoms with Crippen molar-refractivity contribution in [1.82, 2.24) is 9.80 Å². The van der Waals surface area contributed by atoms with Gasteiger partial charge in [0.1, 0.15) is 0 Å². The summed E-state index contributed by atoms with van der Waals surface area (Å²) >= 11 is 14.3. The van der Waals surface area contributed by atoms with Gasteiger partial charge in [-0.15, -0.1) is 0 Å². The molecule has 1 heterocycles. The third kappa shape index (κ3) is 2.78. The number of hydrogen-bond acceptors (Lipinski definition) is 2. The predicted octanol–water partition coefficient (Wildman–Crippen LogP) is 3.84. The molecular formula is C15H20Br4N2O2. The Labute approximate surface area is 170 Å². The standard InChI is InChI=1S/C15H20Br4N2O2/c1-9-6-20(10(22)12(2)7-14(12,16)17)4-5-21(9)11(23)13(3)8-15(13,18)19/h9H,4-8H2,1-3H3/t9-,12+,13+/m1/s1. The summed E-state index contributed by atoms with van der Waals surface area (Å²) in [5, 5.41) is 0. The maximum Gasteiger partial charge on any atom is 0.231 e. The van der Waals surface area contributed by atoms with Gasteiger partial charge in [-0.25, -0.2) is 0 Å². The first kappa shape index (κ1) is 18.6. The zero-order valence-electron chi connectivity index (χ0n) is 13.3. The SMILES string of the molecule is C[C@@H]1CN(C(=O)[C@]2(C)CC2(Br)Br)CCN1C(=O)[C@]1(C)CC1(Br)Br. The van der Waals surface area contributed by atoms with Crippen molar-refractivity contribution >= 4 is 75.5 Å². The van der Waals surface area contributed by atoms with E-state index in [2.05, 4.69) is 63.7 Å². The molecule has 23 heavy (non-hydrogen) atoms. The van der Waals surface area contributed by atoms with Gasteiger partial charge in [0.05, 0.1) is 17.3 Å². The lowest BCUT2D eigenvalue weighted by molar-refractivity contribution is -0.148. The minimum Gasteiger partial charge on any atom is -0.338 e. The highest BCUT2D eigenvalue weighted by atomic mass is 79.9. The summed E-state index contributed by atoms with van der Waals surface area (Å²) in [5.74, 6) is 0.331. The summed E-state index contributed by atoms with van der Waals surface area (Å²) in [7, 11) is 0. The van der Waals surface area contributed by atoms with E-state index in [1.807, 2.05) is 30.6 Å². The smallest absolute Gasteiger partial charge is 0.231 e. The molecule has 2 aliphatic carbocycles. The van der Waals surface area contributed by atoms with Crippen LogP contribution in [0, 0.1) is 10.8 Å². The van der Waals surface area contributed by atoms with E-state index in [4.69, 9.17) is 0 Å². The first-order chi connectivity index (χ1) is 10.4. The van der Waals surface area contributed by atoms with Crippen molar-refractivity contribution < 1.29 is 9.59 Å². The van der Waals surface area contributed by atoms with Crippen LogP contribution in [0.5, 0.6) is 0 Å². The lowest BCUT2D eigenvalue weighted by Crippen LogP contribution is -2.58. The summed E-state index contributed by atoms with van der Waals surface area (Å²) in [6, 6.07) is 0.0378. The number of alkyl halides is 4. The van der Waals surface area contributed by atoms with Gasteiger partial charge in [0.2, 0.25) is 11.8 Å². The molecule has 0 aromatic rings. The maximum absolute atomic E-state index is 12.8. The second-order valence-electron chi connectivity index (χ2n) is 7.53. The van der Waals surface area contributed by atoms with Crippen LogP contribution in [-0.2, 0) is 9.59 Å². The van der Waals surface area contributed by atoms with E-state index in [-0.39, 0.29) is 29.7 Å². The van der Waals surface area contributed by atoms with Crippen LogP contribution >= 0.6 is 63.7 Å². The van der Waals surface area contributed by atoms with Crippen molar-refractivity contribution in [3.8, 4) is 0 Å². The molecule has 1 saturated heterocycles. The van der Waals surface area contributed by atoms with Crippen molar-refractivity contribution in [2.24, 2.45) is 10.8 Å². The number of nitrogens with zero attached hydrogens (tertiary/aromatic N) is 2. The molecule has 3 rings (SSSR count). The third-order valence-electron chi connectivity index (χ3n) is 5.64. The number of carbonyl (C=O) groups is 2. The minimum absolute atomic E-state index is 0.0378. The number of hydrogen-bond donors (Lipinski definition) is 0. The second kappa shape index (κ2) is 5.43. The Balaban J connectivity index is 1.65. The topological polar surface area (TPSA) is 40.6 Å². The number of rotatable bonds is 2. The van der Waals surface area contributed by atoms with Crippen LogP contribution in [0.15, 0.2) is 0 Å². The highest BCUT2D eigenvalue weighted by Crippen LogP contribution is 2.68. The Morgan fingerprint density at radius 1 is 0.913 bits per heavy atom. The average molecular weight is 580 g/mol. The third-order valence-corrected chi connectivity index (χ3v) is 10.3. The molecule has 8 heteroatoms. The van der Waals surface area contributed by atoms with Crippen LogP contribution in [0.3, 0.4) is 0 Å². The fraction of sp³-hybridized carbons (Fsp3) is 0.867. The van der Waals surface area contributed by atoms with E-state index >= 15 is 0 Å². The Morgan fingerprint density at radius 2 is 1.35 bits per heavy atom. The van der Waals surface area contributed by atoms with Gasteiger partial charge in [0.15, 0.2) is 0 Å². The van der Waals surface area contributed by atoms with Crippen LogP contribution in [0.1, 0.15) is 33.6 Å². The normalized spacial score (nSPS) is 40.7. The van der Waals surface area contributed by atoms with E-state index in [1.54, 1.807) is 0 Å². The molecule has 0 N–H and O–H groups in total. The largest absolute Gasteiger partial charge is 0.338 e. The molecule has 0 aromatic carbocycles. The quantitative estimate of drug-likeness (QED) is 0.467.